The highest BCUT2D eigenvalue weighted by atomic mass is 19.1. The molecule has 19 heavy (non-hydrogen) atoms. The van der Waals surface area contributed by atoms with Gasteiger partial charge in [0, 0.05) is 17.1 Å². The van der Waals surface area contributed by atoms with Crippen LogP contribution in [0.1, 0.15) is 12.5 Å². The minimum atomic E-state index is -0.705. The summed E-state index contributed by atoms with van der Waals surface area (Å²) in [4.78, 5) is 18.2. The van der Waals surface area contributed by atoms with E-state index in [0.29, 0.717) is 16.6 Å². The van der Waals surface area contributed by atoms with Crippen LogP contribution >= 0.6 is 0 Å². The lowest BCUT2D eigenvalue weighted by atomic mass is 10.1. The standard InChI is InChI=1S/C13H10FN3O2/c1-2-19-13(18)8(5-15)3-9-6-16-12-11(9)4-10(14)7-17-12/h3-4,6-7H,2H2,1H3,(H,16,17)/b8-3-. The van der Waals surface area contributed by atoms with Crippen molar-refractivity contribution in [2.24, 2.45) is 0 Å². The number of nitrogens with zero attached hydrogens (tertiary/aromatic N) is 2. The maximum atomic E-state index is 13.1. The number of fused-ring (bicyclic) bond motifs is 1. The van der Waals surface area contributed by atoms with Crippen LogP contribution in [-0.4, -0.2) is 22.5 Å². The quantitative estimate of drug-likeness (QED) is 0.520. The van der Waals surface area contributed by atoms with Gasteiger partial charge in [0.25, 0.3) is 0 Å². The number of nitrogens with one attached hydrogen (secondary N) is 1. The molecule has 96 valence electrons. The van der Waals surface area contributed by atoms with Gasteiger partial charge >= 0.3 is 5.97 Å². The molecule has 0 amide bonds. The Morgan fingerprint density at radius 2 is 2.47 bits per heavy atom. The number of aromatic nitrogens is 2. The first-order chi connectivity index (χ1) is 9.15. The maximum Gasteiger partial charge on any atom is 0.348 e. The summed E-state index contributed by atoms with van der Waals surface area (Å²) in [6, 6.07) is 3.05. The number of pyridine rings is 1. The van der Waals surface area contributed by atoms with Crippen LogP contribution in [0.2, 0.25) is 0 Å². The van der Waals surface area contributed by atoms with Crippen molar-refractivity contribution in [3.63, 3.8) is 0 Å². The van der Waals surface area contributed by atoms with Gasteiger partial charge in [-0.2, -0.15) is 5.26 Å². The van der Waals surface area contributed by atoms with Crippen LogP contribution < -0.4 is 0 Å². The van der Waals surface area contributed by atoms with Gasteiger partial charge in [0.1, 0.15) is 23.1 Å². The predicted octanol–water partition coefficient (Wildman–Crippen LogP) is 2.17. The Kier molecular flexibility index (Phi) is 3.57. The Labute approximate surface area is 108 Å². The Morgan fingerprint density at radius 1 is 1.68 bits per heavy atom. The topological polar surface area (TPSA) is 78.8 Å². The van der Waals surface area contributed by atoms with E-state index in [-0.39, 0.29) is 12.2 Å². The van der Waals surface area contributed by atoms with Crippen molar-refractivity contribution in [2.45, 2.75) is 6.92 Å². The van der Waals surface area contributed by atoms with E-state index in [0.717, 1.165) is 6.20 Å². The molecule has 0 aliphatic carbocycles. The van der Waals surface area contributed by atoms with Crippen molar-refractivity contribution in [1.29, 1.82) is 5.26 Å². The molecule has 0 saturated carbocycles. The molecule has 2 rings (SSSR count). The lowest BCUT2D eigenvalue weighted by Crippen LogP contribution is -2.05. The summed E-state index contributed by atoms with van der Waals surface area (Å²) in [5.41, 5.74) is 0.840. The van der Waals surface area contributed by atoms with Gasteiger partial charge in [-0.05, 0) is 19.1 Å². The van der Waals surface area contributed by atoms with E-state index in [9.17, 15) is 9.18 Å². The summed E-state index contributed by atoms with van der Waals surface area (Å²) in [6.07, 6.45) is 3.98. The molecule has 0 aliphatic rings. The molecule has 6 heteroatoms. The molecule has 0 saturated heterocycles. The molecule has 0 aliphatic heterocycles. The molecule has 2 aromatic rings. The molecular weight excluding hydrogens is 249 g/mol. The minimum absolute atomic E-state index is 0.146. The number of aromatic amines is 1. The Hall–Kier alpha value is -2.68. The number of nitriles is 1. The fourth-order valence-corrected chi connectivity index (χ4v) is 1.62. The third kappa shape index (κ3) is 2.60. The van der Waals surface area contributed by atoms with Crippen LogP contribution in [0.3, 0.4) is 0 Å². The first kappa shape index (κ1) is 12.8. The molecule has 2 aromatic heterocycles. The van der Waals surface area contributed by atoms with Gasteiger partial charge in [-0.25, -0.2) is 14.2 Å². The molecule has 0 fully saturated rings. The summed E-state index contributed by atoms with van der Waals surface area (Å²) in [5.74, 6) is -1.19. The van der Waals surface area contributed by atoms with Gasteiger partial charge in [0.15, 0.2) is 0 Å². The second-order valence-corrected chi connectivity index (χ2v) is 3.68. The summed E-state index contributed by atoms with van der Waals surface area (Å²) in [6.45, 7) is 1.83. The molecular formula is C13H10FN3O2. The van der Waals surface area contributed by atoms with Crippen LogP contribution in [-0.2, 0) is 9.53 Å². The van der Waals surface area contributed by atoms with E-state index in [1.807, 2.05) is 0 Å². The Balaban J connectivity index is 2.47. The van der Waals surface area contributed by atoms with E-state index in [2.05, 4.69) is 9.97 Å². The molecule has 0 radical (unpaired) electrons. The summed E-state index contributed by atoms with van der Waals surface area (Å²) >= 11 is 0. The summed E-state index contributed by atoms with van der Waals surface area (Å²) < 4.78 is 17.9. The molecule has 1 N–H and O–H groups in total. The Bertz CT molecular complexity index is 697. The van der Waals surface area contributed by atoms with Crippen LogP contribution in [0.25, 0.3) is 17.1 Å². The van der Waals surface area contributed by atoms with Gasteiger partial charge in [0.05, 0.1) is 12.8 Å². The molecule has 0 atom stereocenters. The predicted molar refractivity (Wildman–Crippen MR) is 66.3 cm³/mol. The summed E-state index contributed by atoms with van der Waals surface area (Å²) in [5, 5.41) is 9.43. The second-order valence-electron chi connectivity index (χ2n) is 3.68. The average Bonchev–Trinajstić information content (AvgIpc) is 2.78. The largest absolute Gasteiger partial charge is 0.462 e. The number of ether oxygens (including phenoxy) is 1. The molecule has 0 aromatic carbocycles. The van der Waals surface area contributed by atoms with Crippen LogP contribution in [0, 0.1) is 17.1 Å². The SMILES string of the molecule is CCOC(=O)/C(C#N)=C\c1c[nH]c2ncc(F)cc12. The van der Waals surface area contributed by atoms with Crippen LogP contribution in [0.5, 0.6) is 0 Å². The fourth-order valence-electron chi connectivity index (χ4n) is 1.62. The number of halogens is 1. The third-order valence-corrected chi connectivity index (χ3v) is 2.45. The lowest BCUT2D eigenvalue weighted by molar-refractivity contribution is -0.137. The zero-order chi connectivity index (χ0) is 13.8. The molecule has 0 spiro atoms. The van der Waals surface area contributed by atoms with Gasteiger partial charge in [0.2, 0.25) is 0 Å². The summed E-state index contributed by atoms with van der Waals surface area (Å²) in [7, 11) is 0. The zero-order valence-corrected chi connectivity index (χ0v) is 10.1. The Morgan fingerprint density at radius 3 is 3.16 bits per heavy atom. The highest BCUT2D eigenvalue weighted by Gasteiger charge is 2.12. The zero-order valence-electron chi connectivity index (χ0n) is 10.1. The van der Waals surface area contributed by atoms with E-state index in [1.165, 1.54) is 12.1 Å². The van der Waals surface area contributed by atoms with E-state index >= 15 is 0 Å². The first-order valence-electron chi connectivity index (χ1n) is 5.57. The van der Waals surface area contributed by atoms with Gasteiger partial charge in [-0.3, -0.25) is 0 Å². The molecule has 5 nitrogen and oxygen atoms in total. The van der Waals surface area contributed by atoms with Crippen molar-refractivity contribution in [1.82, 2.24) is 9.97 Å². The smallest absolute Gasteiger partial charge is 0.348 e. The normalized spacial score (nSPS) is 11.3. The van der Waals surface area contributed by atoms with Crippen LogP contribution in [0.15, 0.2) is 24.0 Å². The van der Waals surface area contributed by atoms with E-state index < -0.39 is 11.8 Å². The number of carbonyl (C=O) groups excluding carboxylic acids is 1. The van der Waals surface area contributed by atoms with Gasteiger partial charge in [-0.1, -0.05) is 0 Å². The number of carbonyl (C=O) groups is 1. The second kappa shape index (κ2) is 5.31. The number of hydrogen-bond donors (Lipinski definition) is 1. The van der Waals surface area contributed by atoms with E-state index in [1.54, 1.807) is 19.2 Å². The molecule has 0 bridgehead atoms. The fraction of sp³-hybridized carbons (Fsp3) is 0.154. The van der Waals surface area contributed by atoms with Crippen molar-refractivity contribution in [3.8, 4) is 6.07 Å². The monoisotopic (exact) mass is 259 g/mol. The highest BCUT2D eigenvalue weighted by molar-refractivity contribution is 6.00. The van der Waals surface area contributed by atoms with Crippen molar-refractivity contribution in [3.05, 3.63) is 35.4 Å². The number of H-pyrrole nitrogens is 1. The van der Waals surface area contributed by atoms with Crippen molar-refractivity contribution in [2.75, 3.05) is 6.61 Å². The highest BCUT2D eigenvalue weighted by Crippen LogP contribution is 2.20. The van der Waals surface area contributed by atoms with Crippen LogP contribution in [0.4, 0.5) is 4.39 Å². The minimum Gasteiger partial charge on any atom is -0.462 e. The van der Waals surface area contributed by atoms with Gasteiger partial charge in [-0.15, -0.1) is 0 Å². The number of esters is 1. The molecule has 2 heterocycles. The first-order valence-corrected chi connectivity index (χ1v) is 5.57. The number of hydrogen-bond acceptors (Lipinski definition) is 4. The maximum absolute atomic E-state index is 13.1. The van der Waals surface area contributed by atoms with E-state index in [4.69, 9.17) is 10.00 Å². The number of rotatable bonds is 3. The average molecular weight is 259 g/mol. The van der Waals surface area contributed by atoms with Crippen molar-refractivity contribution < 1.29 is 13.9 Å². The third-order valence-electron chi connectivity index (χ3n) is 2.45. The molecule has 0 unspecified atom stereocenters. The van der Waals surface area contributed by atoms with Crippen molar-refractivity contribution >= 4 is 23.1 Å². The lowest BCUT2D eigenvalue weighted by Gasteiger charge is -1.99. The van der Waals surface area contributed by atoms with Gasteiger partial charge < -0.3 is 9.72 Å².